The van der Waals surface area contributed by atoms with Gasteiger partial charge in [-0.3, -0.25) is 4.90 Å². The molecule has 2 N–H and O–H groups in total. The number of halogens is 1. The molecule has 0 spiro atoms. The first-order chi connectivity index (χ1) is 9.72. The third-order valence-electron chi connectivity index (χ3n) is 3.61. The summed E-state index contributed by atoms with van der Waals surface area (Å²) in [6.07, 6.45) is 3.24. The number of aliphatic hydroxyl groups is 2. The first-order valence-corrected chi connectivity index (χ1v) is 6.97. The van der Waals surface area contributed by atoms with Gasteiger partial charge >= 0.3 is 0 Å². The Morgan fingerprint density at radius 2 is 2.10 bits per heavy atom. The van der Waals surface area contributed by atoms with Crippen molar-refractivity contribution in [3.8, 4) is 11.8 Å². The third kappa shape index (κ3) is 4.04. The van der Waals surface area contributed by atoms with Crippen molar-refractivity contribution in [2.45, 2.75) is 31.8 Å². The number of benzene rings is 1. The Morgan fingerprint density at radius 3 is 2.85 bits per heavy atom. The highest BCUT2D eigenvalue weighted by atomic mass is 19.1. The fourth-order valence-electron chi connectivity index (χ4n) is 2.66. The van der Waals surface area contributed by atoms with Crippen LogP contribution in [0.25, 0.3) is 0 Å². The molecule has 108 valence electrons. The van der Waals surface area contributed by atoms with Crippen molar-refractivity contribution in [2.75, 3.05) is 19.8 Å². The lowest BCUT2D eigenvalue weighted by Crippen LogP contribution is -2.41. The molecular formula is C16H20FNO2. The average molecular weight is 277 g/mol. The first kappa shape index (κ1) is 15.0. The van der Waals surface area contributed by atoms with E-state index in [0.29, 0.717) is 12.1 Å². The van der Waals surface area contributed by atoms with E-state index < -0.39 is 0 Å². The van der Waals surface area contributed by atoms with E-state index in [9.17, 15) is 9.50 Å². The van der Waals surface area contributed by atoms with E-state index in [0.717, 1.165) is 31.4 Å². The van der Waals surface area contributed by atoms with Gasteiger partial charge in [0.05, 0.1) is 6.61 Å². The summed E-state index contributed by atoms with van der Waals surface area (Å²) in [7, 11) is 0. The molecule has 1 heterocycles. The van der Waals surface area contributed by atoms with E-state index in [4.69, 9.17) is 5.11 Å². The molecular weight excluding hydrogens is 257 g/mol. The molecule has 0 saturated carbocycles. The molecule has 0 amide bonds. The Hall–Kier alpha value is -1.41. The van der Waals surface area contributed by atoms with Gasteiger partial charge in [0.15, 0.2) is 0 Å². The van der Waals surface area contributed by atoms with Gasteiger partial charge in [-0.05, 0) is 43.1 Å². The third-order valence-corrected chi connectivity index (χ3v) is 3.61. The monoisotopic (exact) mass is 277 g/mol. The zero-order valence-corrected chi connectivity index (χ0v) is 11.5. The minimum Gasteiger partial charge on any atom is -0.395 e. The van der Waals surface area contributed by atoms with Gasteiger partial charge in [0.2, 0.25) is 0 Å². The van der Waals surface area contributed by atoms with Crippen LogP contribution in [0.5, 0.6) is 0 Å². The number of likely N-dealkylation sites (tertiary alicyclic amines) is 1. The Balaban J connectivity index is 2.13. The van der Waals surface area contributed by atoms with Crippen LogP contribution in [0, 0.1) is 17.7 Å². The van der Waals surface area contributed by atoms with E-state index in [1.807, 2.05) is 6.07 Å². The standard InChI is InChI=1S/C16H20FNO2/c17-15-9-13(4-3-7-19)8-14(10-15)11-18-6-2-1-5-16(18)12-20/h8-10,16,19-20H,1-2,5-7,11-12H2. The van der Waals surface area contributed by atoms with E-state index in [2.05, 4.69) is 16.7 Å². The predicted octanol–water partition coefficient (Wildman–Crippen LogP) is 1.52. The maximum atomic E-state index is 13.6. The van der Waals surface area contributed by atoms with Crippen LogP contribution in [0.15, 0.2) is 18.2 Å². The lowest BCUT2D eigenvalue weighted by molar-refractivity contribution is 0.0840. The lowest BCUT2D eigenvalue weighted by atomic mass is 10.0. The molecule has 1 aromatic carbocycles. The van der Waals surface area contributed by atoms with Gasteiger partial charge in [0.1, 0.15) is 12.4 Å². The van der Waals surface area contributed by atoms with Gasteiger partial charge in [-0.15, -0.1) is 0 Å². The van der Waals surface area contributed by atoms with E-state index >= 15 is 0 Å². The first-order valence-electron chi connectivity index (χ1n) is 6.97. The summed E-state index contributed by atoms with van der Waals surface area (Å²) in [6.45, 7) is 1.47. The zero-order chi connectivity index (χ0) is 14.4. The molecule has 1 aromatic rings. The van der Waals surface area contributed by atoms with Crippen LogP contribution in [-0.2, 0) is 6.54 Å². The second-order valence-corrected chi connectivity index (χ2v) is 5.11. The van der Waals surface area contributed by atoms with Gasteiger partial charge < -0.3 is 10.2 Å². The number of rotatable bonds is 3. The van der Waals surface area contributed by atoms with Crippen molar-refractivity contribution in [2.24, 2.45) is 0 Å². The van der Waals surface area contributed by atoms with Crippen LogP contribution in [0.4, 0.5) is 4.39 Å². The van der Waals surface area contributed by atoms with E-state index in [-0.39, 0.29) is 25.1 Å². The van der Waals surface area contributed by atoms with Gasteiger partial charge in [-0.2, -0.15) is 0 Å². The second-order valence-electron chi connectivity index (χ2n) is 5.11. The van der Waals surface area contributed by atoms with Crippen molar-refractivity contribution in [3.05, 3.63) is 35.1 Å². The molecule has 0 bridgehead atoms. The molecule has 1 unspecified atom stereocenters. The fraction of sp³-hybridized carbons (Fsp3) is 0.500. The molecule has 3 nitrogen and oxygen atoms in total. The SMILES string of the molecule is OCC#Cc1cc(F)cc(CN2CCCCC2CO)c1. The molecule has 0 radical (unpaired) electrons. The van der Waals surface area contributed by atoms with Crippen LogP contribution in [0.1, 0.15) is 30.4 Å². The van der Waals surface area contributed by atoms with Crippen molar-refractivity contribution in [1.82, 2.24) is 4.90 Å². The number of piperidine rings is 1. The van der Waals surface area contributed by atoms with Crippen molar-refractivity contribution in [1.29, 1.82) is 0 Å². The Labute approximate surface area is 119 Å². The lowest BCUT2D eigenvalue weighted by Gasteiger charge is -2.34. The highest BCUT2D eigenvalue weighted by Gasteiger charge is 2.21. The summed E-state index contributed by atoms with van der Waals surface area (Å²) in [5, 5.41) is 18.1. The molecule has 2 rings (SSSR count). The largest absolute Gasteiger partial charge is 0.395 e. The molecule has 1 saturated heterocycles. The smallest absolute Gasteiger partial charge is 0.124 e. The maximum absolute atomic E-state index is 13.6. The number of nitrogens with zero attached hydrogens (tertiary/aromatic N) is 1. The Morgan fingerprint density at radius 1 is 1.25 bits per heavy atom. The number of aliphatic hydroxyl groups excluding tert-OH is 2. The zero-order valence-electron chi connectivity index (χ0n) is 11.5. The quantitative estimate of drug-likeness (QED) is 0.823. The normalized spacial score (nSPS) is 19.4. The topological polar surface area (TPSA) is 43.7 Å². The number of hydrogen-bond donors (Lipinski definition) is 2. The Bertz CT molecular complexity index is 507. The van der Waals surface area contributed by atoms with Gasteiger partial charge in [-0.1, -0.05) is 18.3 Å². The molecule has 0 aliphatic carbocycles. The summed E-state index contributed by atoms with van der Waals surface area (Å²) in [5.74, 6) is 4.94. The highest BCUT2D eigenvalue weighted by molar-refractivity contribution is 5.37. The van der Waals surface area contributed by atoms with Crippen LogP contribution >= 0.6 is 0 Å². The highest BCUT2D eigenvalue weighted by Crippen LogP contribution is 2.20. The van der Waals surface area contributed by atoms with Gasteiger partial charge in [0, 0.05) is 18.2 Å². The summed E-state index contributed by atoms with van der Waals surface area (Å²) >= 11 is 0. The molecule has 4 heteroatoms. The minimum absolute atomic E-state index is 0.145. The predicted molar refractivity (Wildman–Crippen MR) is 75.5 cm³/mol. The average Bonchev–Trinajstić information content (AvgIpc) is 2.45. The van der Waals surface area contributed by atoms with E-state index in [1.54, 1.807) is 0 Å². The summed E-state index contributed by atoms with van der Waals surface area (Å²) in [6, 6.07) is 4.88. The van der Waals surface area contributed by atoms with Crippen molar-refractivity contribution < 1.29 is 14.6 Å². The van der Waals surface area contributed by atoms with Crippen LogP contribution in [-0.4, -0.2) is 40.9 Å². The van der Waals surface area contributed by atoms with Crippen molar-refractivity contribution in [3.63, 3.8) is 0 Å². The van der Waals surface area contributed by atoms with Crippen molar-refractivity contribution >= 4 is 0 Å². The fourth-order valence-corrected chi connectivity index (χ4v) is 2.66. The number of hydrogen-bond acceptors (Lipinski definition) is 3. The molecule has 1 fully saturated rings. The molecule has 1 aliphatic heterocycles. The minimum atomic E-state index is -0.317. The van der Waals surface area contributed by atoms with Crippen LogP contribution < -0.4 is 0 Å². The molecule has 1 aliphatic rings. The Kier molecular flexibility index (Phi) is 5.54. The van der Waals surface area contributed by atoms with Gasteiger partial charge in [0.25, 0.3) is 0 Å². The molecule has 1 atom stereocenters. The molecule has 20 heavy (non-hydrogen) atoms. The van der Waals surface area contributed by atoms with Crippen LogP contribution in [0.2, 0.25) is 0 Å². The summed E-state index contributed by atoms with van der Waals surface area (Å²) in [4.78, 5) is 2.20. The summed E-state index contributed by atoms with van der Waals surface area (Å²) in [5.41, 5.74) is 1.43. The van der Waals surface area contributed by atoms with Gasteiger partial charge in [-0.25, -0.2) is 4.39 Å². The summed E-state index contributed by atoms with van der Waals surface area (Å²) < 4.78 is 13.6. The maximum Gasteiger partial charge on any atom is 0.124 e. The molecule has 0 aromatic heterocycles. The van der Waals surface area contributed by atoms with E-state index in [1.165, 1.54) is 12.1 Å². The van der Waals surface area contributed by atoms with Crippen LogP contribution in [0.3, 0.4) is 0 Å². The second kappa shape index (κ2) is 7.39.